The Morgan fingerprint density at radius 1 is 0.196 bits per heavy atom. The Morgan fingerprint density at radius 2 is 0.363 bits per heavy atom. The highest BCUT2D eigenvalue weighted by atomic mass is 17.2. The molecule has 0 saturated heterocycles. The van der Waals surface area contributed by atoms with Gasteiger partial charge in [0.15, 0.2) is 0 Å². The van der Waals surface area contributed by atoms with Crippen molar-refractivity contribution in [3.8, 4) is 0 Å². The van der Waals surface area contributed by atoms with Gasteiger partial charge in [-0.3, -0.25) is 24.3 Å². The highest BCUT2D eigenvalue weighted by Gasteiger charge is 2.09. The molecule has 0 amide bonds. The van der Waals surface area contributed by atoms with E-state index in [0.29, 0.717) is 164 Å². The summed E-state index contributed by atoms with van der Waals surface area (Å²) in [6.45, 7) is 20.3. The van der Waals surface area contributed by atoms with Crippen molar-refractivity contribution in [1.29, 1.82) is 0 Å². The van der Waals surface area contributed by atoms with Crippen molar-refractivity contribution in [2.45, 2.75) is 297 Å². The molecule has 0 atom stereocenters. The van der Waals surface area contributed by atoms with Crippen molar-refractivity contribution in [1.82, 2.24) is 0 Å². The number of hydrogen-bond donors (Lipinski definition) is 2. The van der Waals surface area contributed by atoms with Gasteiger partial charge >= 0.3 is 29.8 Å². The van der Waals surface area contributed by atoms with E-state index >= 15 is 0 Å². The first-order chi connectivity index (χ1) is 50.0. The first-order valence-corrected chi connectivity index (χ1v) is 39.7. The van der Waals surface area contributed by atoms with Crippen LogP contribution in [0.1, 0.15) is 297 Å². The van der Waals surface area contributed by atoms with Crippen LogP contribution in [0.15, 0.2) is 0 Å². The third-order valence-corrected chi connectivity index (χ3v) is 15.5. The van der Waals surface area contributed by atoms with Crippen molar-refractivity contribution in [3.63, 3.8) is 0 Å². The zero-order valence-corrected chi connectivity index (χ0v) is 64.7. The molecule has 25 heteroatoms. The van der Waals surface area contributed by atoms with Gasteiger partial charge in [-0.25, -0.2) is 14.4 Å². The van der Waals surface area contributed by atoms with Crippen molar-refractivity contribution in [3.05, 3.63) is 0 Å². The third kappa shape index (κ3) is 103. The average molecular weight is 1470 g/mol. The molecule has 2 N–H and O–H groups in total. The number of Topliss-reactive ketones (excluding diaryl/α,β-unsaturated/α-hetero) is 1. The molecule has 25 nitrogen and oxygen atoms in total. The molecule has 0 unspecified atom stereocenters. The summed E-state index contributed by atoms with van der Waals surface area (Å²) in [7, 11) is 0. The fourth-order valence-electron chi connectivity index (χ4n) is 9.60. The standard InChI is InChI=1S/C34H66O12.C24H46O7.C19H36O6/c1-2-3-4-5-6-7-8-9-10-11-12-15-18-38-19-20-39-21-22-40-23-24-41-25-26-42-27-28-43-29-30-44-31-32-45-46-34(37)17-14-13-16-33(35)36;1-2-3-4-5-6-7-8-9-10-11-12-15-18-28-19-20-29-21-22-30-31-24(27)17-14-13-16-23(25)26;1-3-4-5-6-7-10-13-22-14-15-23-16-17-24-25-19(21)12-9-8-11-18(2)20/h2-32H2,1H3,(H,35,36);2-22H2,1H3,(H,25,26);3-17H2,1-2H3. The number of carbonyl (C=O) groups excluding carboxylic acids is 4. The van der Waals surface area contributed by atoms with E-state index in [0.717, 1.165) is 39.1 Å². The lowest BCUT2D eigenvalue weighted by atomic mass is 10.1. The fourth-order valence-corrected chi connectivity index (χ4v) is 9.60. The summed E-state index contributed by atoms with van der Waals surface area (Å²) in [6.07, 6.45) is 44.1. The SMILES string of the molecule is CCCCCCCCCCCCCCOCCOCCOCCOCCOCCOCCOCCOOC(=O)CCCCC(=O)O.CCCCCCCCCCCCCCOCCOCCOOC(=O)CCCCC(=O)O.CCCCCCCCOCCOCCOOC(=O)CCCCC(C)=O. The van der Waals surface area contributed by atoms with Crippen LogP contribution >= 0.6 is 0 Å². The van der Waals surface area contributed by atoms with Crippen LogP contribution in [0.5, 0.6) is 0 Å². The lowest BCUT2D eigenvalue weighted by molar-refractivity contribution is -0.277. The van der Waals surface area contributed by atoms with Gasteiger partial charge in [0, 0.05) is 58.3 Å². The molecule has 0 heterocycles. The molecular weight excluding hydrogens is 1320 g/mol. The minimum Gasteiger partial charge on any atom is -0.481 e. The van der Waals surface area contributed by atoms with Crippen molar-refractivity contribution < 1.29 is 120 Å². The lowest BCUT2D eigenvalue weighted by Crippen LogP contribution is -2.15. The molecule has 0 aromatic carbocycles. The number of carbonyl (C=O) groups is 6. The summed E-state index contributed by atoms with van der Waals surface area (Å²) in [5.74, 6) is -3.03. The second kappa shape index (κ2) is 93.5. The molecule has 0 spiro atoms. The molecular formula is C77H148O25. The molecule has 0 aliphatic heterocycles. The summed E-state index contributed by atoms with van der Waals surface area (Å²) in [4.78, 5) is 93.6. The number of aliphatic carboxylic acids is 2. The van der Waals surface area contributed by atoms with Gasteiger partial charge in [-0.2, -0.15) is 14.7 Å². The maximum Gasteiger partial charge on any atom is 0.342 e. The Kier molecular flexibility index (Phi) is 94.1. The van der Waals surface area contributed by atoms with E-state index < -0.39 is 29.8 Å². The van der Waals surface area contributed by atoms with E-state index in [4.69, 9.17) is 77.0 Å². The molecule has 0 bridgehead atoms. The average Bonchev–Trinajstić information content (AvgIpc) is 3.44. The fraction of sp³-hybridized carbons (Fsp3) is 0.922. The van der Waals surface area contributed by atoms with Gasteiger partial charge < -0.3 is 67.1 Å². The zero-order chi connectivity index (χ0) is 74.9. The molecule has 0 aliphatic rings. The number of ether oxygens (including phenoxy) is 11. The van der Waals surface area contributed by atoms with Crippen LogP contribution in [-0.2, 0) is 110 Å². The number of ketones is 1. The molecule has 0 rings (SSSR count). The van der Waals surface area contributed by atoms with Crippen LogP contribution in [-0.4, -0.2) is 211 Å². The van der Waals surface area contributed by atoms with E-state index in [1.165, 1.54) is 173 Å². The Balaban J connectivity index is -0.00000152. The minimum atomic E-state index is -0.880. The molecule has 102 heavy (non-hydrogen) atoms. The van der Waals surface area contributed by atoms with Gasteiger partial charge in [0.25, 0.3) is 0 Å². The molecule has 0 aliphatic carbocycles. The number of rotatable bonds is 84. The Morgan fingerprint density at radius 3 is 0.559 bits per heavy atom. The first-order valence-electron chi connectivity index (χ1n) is 39.7. The second-order valence-corrected chi connectivity index (χ2v) is 25.2. The summed E-state index contributed by atoms with van der Waals surface area (Å²) in [5, 5.41) is 17.0. The second-order valence-electron chi connectivity index (χ2n) is 25.2. The van der Waals surface area contributed by atoms with Crippen LogP contribution < -0.4 is 0 Å². The van der Waals surface area contributed by atoms with Gasteiger partial charge in [-0.15, -0.1) is 0 Å². The van der Waals surface area contributed by atoms with E-state index in [2.05, 4.69) is 35.4 Å². The molecule has 0 saturated carbocycles. The smallest absolute Gasteiger partial charge is 0.342 e. The molecule has 0 aromatic rings. The zero-order valence-electron chi connectivity index (χ0n) is 64.7. The van der Waals surface area contributed by atoms with E-state index in [-0.39, 0.29) is 64.3 Å². The molecule has 0 radical (unpaired) electrons. The summed E-state index contributed by atoms with van der Waals surface area (Å²) < 4.78 is 60.0. The Labute approximate surface area is 616 Å². The van der Waals surface area contributed by atoms with Crippen molar-refractivity contribution >= 4 is 35.6 Å². The van der Waals surface area contributed by atoms with E-state index in [9.17, 15) is 28.8 Å². The van der Waals surface area contributed by atoms with Gasteiger partial charge in [-0.05, 0) is 64.7 Å². The first kappa shape index (κ1) is 103. The Bertz CT molecular complexity index is 1720. The van der Waals surface area contributed by atoms with Crippen LogP contribution in [0.25, 0.3) is 0 Å². The van der Waals surface area contributed by atoms with Gasteiger partial charge in [-0.1, -0.05) is 194 Å². The van der Waals surface area contributed by atoms with Crippen molar-refractivity contribution in [2.75, 3.05) is 165 Å². The number of hydrogen-bond acceptors (Lipinski definition) is 23. The minimum absolute atomic E-state index is 0.0361. The van der Waals surface area contributed by atoms with Crippen LogP contribution in [0, 0.1) is 0 Å². The highest BCUT2D eigenvalue weighted by Crippen LogP contribution is 2.14. The quantitative estimate of drug-likeness (QED) is 0.0325. The number of unbranched alkanes of at least 4 members (excludes halogenated alkanes) is 30. The maximum absolute atomic E-state index is 11.4. The van der Waals surface area contributed by atoms with Crippen LogP contribution in [0.3, 0.4) is 0 Å². The number of carboxylic acids is 2. The normalized spacial score (nSPS) is 11.1. The van der Waals surface area contributed by atoms with E-state index in [1.54, 1.807) is 6.92 Å². The molecule has 0 aromatic heterocycles. The van der Waals surface area contributed by atoms with Gasteiger partial charge in [0.05, 0.1) is 126 Å². The van der Waals surface area contributed by atoms with E-state index in [1.807, 2.05) is 0 Å². The topological polar surface area (TPSA) is 300 Å². The van der Waals surface area contributed by atoms with Crippen molar-refractivity contribution in [2.24, 2.45) is 0 Å². The molecule has 0 fully saturated rings. The van der Waals surface area contributed by atoms with Crippen LogP contribution in [0.2, 0.25) is 0 Å². The van der Waals surface area contributed by atoms with Crippen LogP contribution in [0.4, 0.5) is 0 Å². The largest absolute Gasteiger partial charge is 0.481 e. The summed E-state index contributed by atoms with van der Waals surface area (Å²) in [6, 6.07) is 0. The third-order valence-electron chi connectivity index (χ3n) is 15.5. The van der Waals surface area contributed by atoms with Gasteiger partial charge in [0.2, 0.25) is 0 Å². The van der Waals surface area contributed by atoms with Gasteiger partial charge in [0.1, 0.15) is 25.6 Å². The Hall–Kier alpha value is -3.54. The number of carboxylic acid groups (broad SMARTS) is 2. The monoisotopic (exact) mass is 1470 g/mol. The summed E-state index contributed by atoms with van der Waals surface area (Å²) in [5.41, 5.74) is 0. The lowest BCUT2D eigenvalue weighted by Gasteiger charge is -2.08. The summed E-state index contributed by atoms with van der Waals surface area (Å²) >= 11 is 0. The predicted molar refractivity (Wildman–Crippen MR) is 392 cm³/mol. The highest BCUT2D eigenvalue weighted by molar-refractivity contribution is 5.75. The maximum atomic E-state index is 11.4. The molecule has 606 valence electrons. The predicted octanol–water partition coefficient (Wildman–Crippen LogP) is 15.8.